The van der Waals surface area contributed by atoms with Crippen molar-refractivity contribution in [1.29, 1.82) is 0 Å². The first-order valence-corrected chi connectivity index (χ1v) is 47.3. The number of aromatic nitrogens is 9. The second-order valence-electron chi connectivity index (χ2n) is 37.2. The summed E-state index contributed by atoms with van der Waals surface area (Å²) in [5, 5.41) is 36.7. The number of anilines is 4. The van der Waals surface area contributed by atoms with Gasteiger partial charge in [0.05, 0.1) is 55.4 Å². The van der Waals surface area contributed by atoms with Gasteiger partial charge in [0.2, 0.25) is 23.6 Å². The lowest BCUT2D eigenvalue weighted by Gasteiger charge is -2.43. The number of carbonyl (C=O) groups is 7. The Hall–Kier alpha value is -11.7. The first-order valence-electron chi connectivity index (χ1n) is 47.3. The van der Waals surface area contributed by atoms with E-state index >= 15 is 4.79 Å². The normalized spacial score (nSPS) is 28.0. The molecule has 0 unspecified atom stereocenters. The van der Waals surface area contributed by atoms with Gasteiger partial charge in [0.25, 0.3) is 23.6 Å². The number of hydrogen-bond donors (Lipinski definition) is 5. The van der Waals surface area contributed by atoms with Gasteiger partial charge in [-0.15, -0.1) is 0 Å². The smallest absolute Gasteiger partial charge is 0.407 e. The maximum Gasteiger partial charge on any atom is 0.407 e. The van der Waals surface area contributed by atoms with Gasteiger partial charge in [0.15, 0.2) is 17.0 Å². The van der Waals surface area contributed by atoms with Crippen molar-refractivity contribution in [2.45, 2.75) is 219 Å². The van der Waals surface area contributed by atoms with E-state index in [1.807, 2.05) is 103 Å². The standard InChI is InChI=1S/C97H129N21O17/c1-58-16-12-11-13-17-59(2)78(128-8)48-72-24-19-64(7)97(127,135-72)87(122)91(124)117-29-15-14-18-75(117)92(125)132-79(49-73(109-111-100)60(3)43-63(6)85(121)86(130-10)84(120)62(5)42-58)61(4)44-65-21-25-77(80(46-65)129-9)134-96(126)105-52-67-50-101-94(102-51-67)115-37-35-113(36-38-115)81(119)28-40-131-41-39-112-31-33-114(34-32-112)95-103-53-71(54-104-95)90(123)116-30-27-68-45-66(20-22-70(68)56-116)55-118-89-82(88(98)106-57-107-89)83(110-118)69-23-26-76-74(47-69)108-93(99)133-76/h11-13,16-17,20,22-23,26,43,45,47,50-51,53-54,57-58,60-62,64-65,72-73,75,77-80,85-86,121,127H,14-15,18-19,21,24-25,27-42,44,46,48-49,52,55-56H2,1-10H3,(H2,99,108)(H,105,126)(H2,98,106,107)/b13-11+,16-12+,59-17+,63-43+/t58-,60-,61-,62-,64-,65+,72+,73+,75+,77-,78+,79+,80-,85-,86+,97-/m1/s1. The van der Waals surface area contributed by atoms with Gasteiger partial charge in [0.1, 0.15) is 53.8 Å². The summed E-state index contributed by atoms with van der Waals surface area (Å²) in [6.07, 6.45) is 18.5. The number of nitrogen functional groups attached to an aromatic ring is 2. The van der Waals surface area contributed by atoms with E-state index in [4.69, 9.17) is 54.1 Å². The lowest BCUT2D eigenvalue weighted by atomic mass is 9.78. The number of amides is 4. The molecular weight excluding hydrogens is 1730 g/mol. The van der Waals surface area contributed by atoms with Gasteiger partial charge >= 0.3 is 12.1 Å². The van der Waals surface area contributed by atoms with Crippen molar-refractivity contribution in [2.24, 2.45) is 40.6 Å². The molecule has 0 radical (unpaired) electrons. The van der Waals surface area contributed by atoms with Crippen LogP contribution in [-0.2, 0) is 83.2 Å². The van der Waals surface area contributed by atoms with Crippen molar-refractivity contribution in [3.05, 3.63) is 153 Å². The molecule has 7 aliphatic rings. The van der Waals surface area contributed by atoms with Gasteiger partial charge in [-0.3, -0.25) is 28.9 Å². The third-order valence-corrected chi connectivity index (χ3v) is 27.8. The summed E-state index contributed by atoms with van der Waals surface area (Å²) < 4.78 is 49.8. The minimum atomic E-state index is -2.50. The molecule has 16 atom stereocenters. The number of fused-ring (bicyclic) bond motifs is 6. The number of hydrogen-bond acceptors (Lipinski definition) is 31. The molecule has 5 fully saturated rings. The van der Waals surface area contributed by atoms with Crippen LogP contribution in [0.1, 0.15) is 165 Å². The maximum atomic E-state index is 15.0. The highest BCUT2D eigenvalue weighted by molar-refractivity contribution is 6.39. The molecule has 4 amide bonds. The highest BCUT2D eigenvalue weighted by Gasteiger charge is 2.54. The molecule has 1 saturated carbocycles. The average molecular weight is 1860 g/mol. The number of azide groups is 1. The number of aliphatic hydroxyl groups excluding tert-OH is 1. The quantitative estimate of drug-likeness (QED) is 0.00800. The van der Waals surface area contributed by atoms with Crippen LogP contribution in [0, 0.1) is 35.5 Å². The van der Waals surface area contributed by atoms with Crippen molar-refractivity contribution in [1.82, 2.24) is 69.6 Å². The minimum Gasteiger partial charge on any atom is -0.461 e. The number of allylic oxidation sites excluding steroid dienone is 5. The predicted molar refractivity (Wildman–Crippen MR) is 502 cm³/mol. The Labute approximate surface area is 786 Å². The summed E-state index contributed by atoms with van der Waals surface area (Å²) in [6, 6.07) is 9.80. The fourth-order valence-corrected chi connectivity index (χ4v) is 19.8. The Morgan fingerprint density at radius 2 is 1.50 bits per heavy atom. The van der Waals surface area contributed by atoms with E-state index < -0.39 is 108 Å². The van der Waals surface area contributed by atoms with Crippen LogP contribution >= 0.6 is 0 Å². The van der Waals surface area contributed by atoms with Crippen molar-refractivity contribution >= 4 is 87.2 Å². The van der Waals surface area contributed by atoms with E-state index in [1.165, 1.54) is 18.3 Å². The molecule has 4 saturated heterocycles. The fraction of sp³-hybridized carbons (Fsp3) is 0.577. The van der Waals surface area contributed by atoms with Crippen molar-refractivity contribution < 1.29 is 81.4 Å². The molecular formula is C97H129N21O17. The Morgan fingerprint density at radius 3 is 2.24 bits per heavy atom. The second-order valence-corrected chi connectivity index (χ2v) is 37.2. The topological polar surface area (TPSA) is 478 Å². The van der Waals surface area contributed by atoms with E-state index in [-0.39, 0.29) is 74.2 Å². The molecule has 38 heteroatoms. The average Bonchev–Trinajstić information content (AvgIpc) is 1.58. The number of Topliss-reactive ketones (excluding diaryl/α,β-unsaturated/α-hetero) is 2. The molecule has 2 bridgehead atoms. The Kier molecular flexibility index (Phi) is 33.6. The molecule has 2 aromatic carbocycles. The summed E-state index contributed by atoms with van der Waals surface area (Å²) in [4.78, 5) is 145. The van der Waals surface area contributed by atoms with Gasteiger partial charge in [-0.1, -0.05) is 94.4 Å². The number of oxazole rings is 1. The number of piperidine rings is 1. The number of esters is 1. The summed E-state index contributed by atoms with van der Waals surface area (Å²) in [5.74, 6) is -6.86. The zero-order valence-electron chi connectivity index (χ0n) is 78.9. The molecule has 0 spiro atoms. The number of benzene rings is 2. The van der Waals surface area contributed by atoms with Crippen LogP contribution in [0.3, 0.4) is 0 Å². The number of ketones is 2. The zero-order valence-corrected chi connectivity index (χ0v) is 78.9. The lowest BCUT2D eigenvalue weighted by Crippen LogP contribution is -2.61. The number of aliphatic hydroxyl groups is 2. The molecule has 14 rings (SSSR count). The largest absolute Gasteiger partial charge is 0.461 e. The number of nitrogens with two attached hydrogens (primary N) is 2. The SMILES string of the molecule is CO[C@H]1C[C@@H]2CC[C@@H](C)[C@@](O)(O2)C(=O)C(=O)N2CCCC[C@H]2C(=O)O[C@H]([C@H](C)C[C@@H]2CC[C@@H](OC(=O)NCc3cnc(N4CCN(C(=O)CCOCCN5CCN(c6ncc(C(=O)N7CCc8cc(Cn9nc(-c%10ccc%11oc(N)nc%11c%10)c%10c(N)ncnc%109)ccc8C7)cn6)CC5)CC4)nc3)[C@H](OC)C2)C[C@H](N=[N+]=[N-])[C@H](C)/C=C(\C)[C@@H](O)[C@@H](OC)C(=O)[C@H](C)C[C@H](C)/C=C/C=C/C=C/1C. The third kappa shape index (κ3) is 24.4. The van der Waals surface area contributed by atoms with E-state index in [2.05, 4.69) is 72.2 Å². The maximum absolute atomic E-state index is 15.0. The number of nitrogens with one attached hydrogen (secondary N) is 1. The molecule has 38 nitrogen and oxygen atoms in total. The minimum absolute atomic E-state index is 0.00382. The van der Waals surface area contributed by atoms with Crippen LogP contribution in [0.4, 0.5) is 28.5 Å². The third-order valence-electron chi connectivity index (χ3n) is 27.8. The summed E-state index contributed by atoms with van der Waals surface area (Å²) in [6.45, 7) is 20.8. The molecule has 6 aliphatic heterocycles. The molecule has 7 aromatic rings. The van der Waals surface area contributed by atoms with Crippen LogP contribution < -0.4 is 26.6 Å². The van der Waals surface area contributed by atoms with Crippen LogP contribution in [0.15, 0.2) is 125 Å². The lowest BCUT2D eigenvalue weighted by molar-refractivity contribution is -0.265. The number of carbonyl (C=O) groups excluding carboxylic acids is 7. The van der Waals surface area contributed by atoms with E-state index in [9.17, 15) is 44.5 Å². The van der Waals surface area contributed by atoms with Gasteiger partial charge in [-0.25, -0.2) is 44.2 Å². The van der Waals surface area contributed by atoms with Crippen LogP contribution in [0.2, 0.25) is 0 Å². The molecule has 135 heavy (non-hydrogen) atoms. The number of alkyl carbamates (subject to hydrolysis) is 1. The van der Waals surface area contributed by atoms with Gasteiger partial charge in [-0.05, 0) is 166 Å². The predicted octanol–water partition coefficient (Wildman–Crippen LogP) is 10.0. The molecule has 7 N–H and O–H groups in total. The Morgan fingerprint density at radius 1 is 0.756 bits per heavy atom. The van der Waals surface area contributed by atoms with Crippen LogP contribution in [-0.4, -0.2) is 283 Å². The van der Waals surface area contributed by atoms with E-state index in [0.717, 1.165) is 40.9 Å². The van der Waals surface area contributed by atoms with Gasteiger partial charge < -0.3 is 89.1 Å². The molecule has 724 valence electrons. The van der Waals surface area contributed by atoms with Crippen molar-refractivity contribution in [3.8, 4) is 11.3 Å². The van der Waals surface area contributed by atoms with Gasteiger partial charge in [0, 0.05) is 172 Å². The van der Waals surface area contributed by atoms with Crippen LogP contribution in [0.5, 0.6) is 0 Å². The van der Waals surface area contributed by atoms with Crippen LogP contribution in [0.25, 0.3) is 43.8 Å². The summed E-state index contributed by atoms with van der Waals surface area (Å²) in [5.41, 5.74) is 31.1. The van der Waals surface area contributed by atoms with Gasteiger partial charge in [-0.2, -0.15) is 10.1 Å². The first kappa shape index (κ1) is 99.2. The number of cyclic esters (lactones) is 1. The highest BCUT2D eigenvalue weighted by Crippen LogP contribution is 2.41. The number of rotatable bonds is 22. The monoisotopic (exact) mass is 1860 g/mol. The van der Waals surface area contributed by atoms with E-state index in [1.54, 1.807) is 65.0 Å². The number of piperazine rings is 2. The second kappa shape index (κ2) is 45.7. The number of methoxy groups -OCH3 is 3. The summed E-state index contributed by atoms with van der Waals surface area (Å²) in [7, 11) is 4.51. The summed E-state index contributed by atoms with van der Waals surface area (Å²) >= 11 is 0. The fourth-order valence-electron chi connectivity index (χ4n) is 19.8. The van der Waals surface area contributed by atoms with E-state index in [0.29, 0.717) is 205 Å². The number of nitrogens with zero attached hydrogens (tertiary/aromatic N) is 18. The molecule has 5 aromatic heterocycles. The Bertz CT molecular complexity index is 5490. The first-order chi connectivity index (χ1) is 65.1. The van der Waals surface area contributed by atoms with Crippen molar-refractivity contribution in [2.75, 3.05) is 128 Å². The molecule has 11 heterocycles. The number of ether oxygens (including phenoxy) is 7. The Balaban J connectivity index is 0.506. The zero-order chi connectivity index (χ0) is 95.7. The van der Waals surface area contributed by atoms with Crippen molar-refractivity contribution in [3.63, 3.8) is 0 Å². The molecule has 1 aliphatic carbocycles. The highest BCUT2D eigenvalue weighted by atomic mass is 16.6.